The summed E-state index contributed by atoms with van der Waals surface area (Å²) in [5, 5.41) is 26.2. The molecule has 1 aliphatic carbocycles. The van der Waals surface area contributed by atoms with Gasteiger partial charge in [-0.15, -0.1) is 5.10 Å². The Balaban J connectivity index is 1.98. The molecule has 1 atom stereocenters. The highest BCUT2D eigenvalue weighted by Crippen LogP contribution is 2.37. The van der Waals surface area contributed by atoms with Gasteiger partial charge in [-0.2, -0.15) is 0 Å². The van der Waals surface area contributed by atoms with Gasteiger partial charge in [-0.25, -0.2) is 9.78 Å². The van der Waals surface area contributed by atoms with Crippen LogP contribution >= 0.6 is 0 Å². The number of carboxylic acids is 1. The zero-order valence-corrected chi connectivity index (χ0v) is 9.59. The fraction of sp³-hybridized carbons (Fsp3) is 0.600. The van der Waals surface area contributed by atoms with Crippen LogP contribution in [0.15, 0.2) is 0 Å². The van der Waals surface area contributed by atoms with Gasteiger partial charge in [0.25, 0.3) is 5.91 Å². The fourth-order valence-electron chi connectivity index (χ4n) is 1.52. The minimum absolute atomic E-state index is 0.0546. The number of aromatic amines is 1. The lowest BCUT2D eigenvalue weighted by Gasteiger charge is -2.11. The molecule has 1 heterocycles. The topological polar surface area (TPSA) is 128 Å². The van der Waals surface area contributed by atoms with Gasteiger partial charge >= 0.3 is 5.97 Å². The molecule has 0 unspecified atom stereocenters. The first-order chi connectivity index (χ1) is 8.61. The van der Waals surface area contributed by atoms with E-state index >= 15 is 0 Å². The van der Waals surface area contributed by atoms with E-state index in [1.54, 1.807) is 0 Å². The van der Waals surface area contributed by atoms with Gasteiger partial charge in [-0.05, 0) is 12.8 Å². The molecule has 0 radical (unpaired) electrons. The van der Waals surface area contributed by atoms with Crippen molar-refractivity contribution in [2.45, 2.75) is 31.2 Å². The maximum Gasteiger partial charge on any atom is 0.326 e. The summed E-state index contributed by atoms with van der Waals surface area (Å²) in [7, 11) is 0. The van der Waals surface area contributed by atoms with Crippen molar-refractivity contribution in [3.63, 3.8) is 0 Å². The number of carbonyl (C=O) groups excluding carboxylic acids is 1. The molecule has 1 amide bonds. The van der Waals surface area contributed by atoms with Crippen LogP contribution in [-0.4, -0.2) is 49.9 Å². The van der Waals surface area contributed by atoms with Crippen molar-refractivity contribution in [2.75, 3.05) is 6.61 Å². The molecule has 1 aliphatic rings. The summed E-state index contributed by atoms with van der Waals surface area (Å²) in [5.41, 5.74) is 0. The van der Waals surface area contributed by atoms with E-state index in [1.165, 1.54) is 0 Å². The largest absolute Gasteiger partial charge is 0.480 e. The molecule has 0 aromatic carbocycles. The molecule has 2 rings (SSSR count). The zero-order chi connectivity index (χ0) is 13.1. The highest BCUT2D eigenvalue weighted by Gasteiger charge is 2.29. The molecule has 8 nitrogen and oxygen atoms in total. The third kappa shape index (κ3) is 2.83. The van der Waals surface area contributed by atoms with Gasteiger partial charge in [0.15, 0.2) is 0 Å². The van der Waals surface area contributed by atoms with Gasteiger partial charge in [-0.1, -0.05) is 0 Å². The van der Waals surface area contributed by atoms with E-state index in [0.717, 1.165) is 12.8 Å². The minimum Gasteiger partial charge on any atom is -0.480 e. The number of aliphatic hydroxyl groups is 1. The summed E-state index contributed by atoms with van der Waals surface area (Å²) >= 11 is 0. The Labute approximate surface area is 102 Å². The summed E-state index contributed by atoms with van der Waals surface area (Å²) in [6, 6.07) is -1.13. The standard InChI is InChI=1S/C10H14N4O4/c15-4-3-6(10(17)18)11-9(16)8-12-7(13-14-8)5-1-2-5/h5-6,15H,1-4H2,(H,11,16)(H,17,18)(H,12,13,14)/t6-/m0/s1. The lowest BCUT2D eigenvalue weighted by atomic mass is 10.2. The van der Waals surface area contributed by atoms with Crippen LogP contribution in [0.4, 0.5) is 0 Å². The van der Waals surface area contributed by atoms with Crippen LogP contribution in [0.1, 0.15) is 41.6 Å². The number of hydrogen-bond donors (Lipinski definition) is 4. The monoisotopic (exact) mass is 254 g/mol. The zero-order valence-electron chi connectivity index (χ0n) is 9.59. The third-order valence-electron chi connectivity index (χ3n) is 2.69. The number of aromatic nitrogens is 3. The van der Waals surface area contributed by atoms with Gasteiger partial charge in [-0.3, -0.25) is 9.89 Å². The van der Waals surface area contributed by atoms with Crippen molar-refractivity contribution < 1.29 is 19.8 Å². The Bertz CT molecular complexity index is 454. The number of H-pyrrole nitrogens is 1. The van der Waals surface area contributed by atoms with Gasteiger partial charge in [0.1, 0.15) is 11.9 Å². The Morgan fingerprint density at radius 1 is 1.50 bits per heavy atom. The molecular formula is C10H14N4O4. The molecule has 1 aromatic heterocycles. The summed E-state index contributed by atoms with van der Waals surface area (Å²) in [4.78, 5) is 26.5. The van der Waals surface area contributed by atoms with Crippen LogP contribution in [-0.2, 0) is 4.79 Å². The Morgan fingerprint density at radius 3 is 2.78 bits per heavy atom. The Morgan fingerprint density at radius 2 is 2.22 bits per heavy atom. The molecule has 1 saturated carbocycles. The van der Waals surface area contributed by atoms with Crippen molar-refractivity contribution in [1.29, 1.82) is 0 Å². The van der Waals surface area contributed by atoms with E-state index in [-0.39, 0.29) is 18.9 Å². The first-order valence-corrected chi connectivity index (χ1v) is 5.68. The van der Waals surface area contributed by atoms with Crippen molar-refractivity contribution in [2.24, 2.45) is 0 Å². The van der Waals surface area contributed by atoms with E-state index < -0.39 is 17.9 Å². The number of carboxylic acid groups (broad SMARTS) is 1. The van der Waals surface area contributed by atoms with Gasteiger partial charge < -0.3 is 15.5 Å². The highest BCUT2D eigenvalue weighted by molar-refractivity contribution is 5.93. The van der Waals surface area contributed by atoms with Crippen molar-refractivity contribution in [1.82, 2.24) is 20.5 Å². The van der Waals surface area contributed by atoms with Crippen LogP contribution in [0.5, 0.6) is 0 Å². The normalized spacial score (nSPS) is 16.3. The number of amides is 1. The van der Waals surface area contributed by atoms with Crippen LogP contribution in [0.25, 0.3) is 0 Å². The third-order valence-corrected chi connectivity index (χ3v) is 2.69. The van der Waals surface area contributed by atoms with Crippen LogP contribution in [0.3, 0.4) is 0 Å². The number of rotatable bonds is 6. The fourth-order valence-corrected chi connectivity index (χ4v) is 1.52. The second-order valence-corrected chi connectivity index (χ2v) is 4.20. The number of aliphatic hydroxyl groups excluding tert-OH is 1. The van der Waals surface area contributed by atoms with Crippen LogP contribution < -0.4 is 5.32 Å². The highest BCUT2D eigenvalue weighted by atomic mass is 16.4. The van der Waals surface area contributed by atoms with E-state index in [9.17, 15) is 9.59 Å². The van der Waals surface area contributed by atoms with Crippen LogP contribution in [0, 0.1) is 0 Å². The molecule has 0 bridgehead atoms. The van der Waals surface area contributed by atoms with Gasteiger partial charge in [0.2, 0.25) is 5.82 Å². The molecule has 98 valence electrons. The number of carbonyl (C=O) groups is 2. The van der Waals surface area contributed by atoms with E-state index in [4.69, 9.17) is 10.2 Å². The summed E-state index contributed by atoms with van der Waals surface area (Å²) in [5.74, 6) is -0.920. The average molecular weight is 254 g/mol. The quantitative estimate of drug-likeness (QED) is 0.528. The SMILES string of the molecule is O=C(N[C@@H](CCO)C(=O)O)c1n[nH]c(C2CC2)n1. The molecule has 18 heavy (non-hydrogen) atoms. The summed E-state index contributed by atoms with van der Waals surface area (Å²) in [6.07, 6.45) is 2.00. The number of nitrogens with zero attached hydrogens (tertiary/aromatic N) is 2. The predicted octanol–water partition coefficient (Wildman–Crippen LogP) is -0.753. The molecule has 1 aromatic rings. The van der Waals surface area contributed by atoms with Gasteiger partial charge in [0.05, 0.1) is 0 Å². The van der Waals surface area contributed by atoms with E-state index in [0.29, 0.717) is 11.7 Å². The van der Waals surface area contributed by atoms with Crippen LogP contribution in [0.2, 0.25) is 0 Å². The predicted molar refractivity (Wildman–Crippen MR) is 59.0 cm³/mol. The van der Waals surface area contributed by atoms with E-state index in [1.807, 2.05) is 0 Å². The van der Waals surface area contributed by atoms with Crippen molar-refractivity contribution >= 4 is 11.9 Å². The second-order valence-electron chi connectivity index (χ2n) is 4.20. The molecule has 0 saturated heterocycles. The smallest absolute Gasteiger partial charge is 0.326 e. The molecule has 0 aliphatic heterocycles. The Hall–Kier alpha value is -1.96. The maximum atomic E-state index is 11.7. The second kappa shape index (κ2) is 5.13. The summed E-state index contributed by atoms with van der Waals surface area (Å²) < 4.78 is 0. The van der Waals surface area contributed by atoms with Gasteiger partial charge in [0, 0.05) is 18.9 Å². The lowest BCUT2D eigenvalue weighted by Crippen LogP contribution is -2.41. The molecule has 1 fully saturated rings. The Kier molecular flexibility index (Phi) is 3.56. The van der Waals surface area contributed by atoms with Crippen molar-refractivity contribution in [3.8, 4) is 0 Å². The van der Waals surface area contributed by atoms with E-state index in [2.05, 4.69) is 20.5 Å². The average Bonchev–Trinajstić information content (AvgIpc) is 3.06. The lowest BCUT2D eigenvalue weighted by molar-refractivity contribution is -0.139. The first kappa shape index (κ1) is 12.5. The van der Waals surface area contributed by atoms with Crippen molar-refractivity contribution in [3.05, 3.63) is 11.6 Å². The molecule has 0 spiro atoms. The molecule has 8 heteroatoms. The number of aliphatic carboxylic acids is 1. The number of hydrogen-bond acceptors (Lipinski definition) is 5. The molecular weight excluding hydrogens is 240 g/mol. The molecule has 4 N–H and O–H groups in total. The first-order valence-electron chi connectivity index (χ1n) is 5.68. The minimum atomic E-state index is -1.20. The maximum absolute atomic E-state index is 11.7. The number of nitrogens with one attached hydrogen (secondary N) is 2. The summed E-state index contributed by atoms with van der Waals surface area (Å²) in [6.45, 7) is -0.321.